The van der Waals surface area contributed by atoms with Crippen molar-refractivity contribution in [3.63, 3.8) is 0 Å². The standard InChI is InChI=1S/C17H15FN2O2/c1-10-13-9-12(6-7-15(13)20-17(10)22)19-16(21)8-11-4-2-3-5-14(11)18/h2-7,9-10H,8H2,1H3,(H,19,21)(H,20,22). The van der Waals surface area contributed by atoms with Crippen LogP contribution in [0.5, 0.6) is 0 Å². The lowest BCUT2D eigenvalue weighted by atomic mass is 10.0. The zero-order chi connectivity index (χ0) is 15.7. The van der Waals surface area contributed by atoms with E-state index in [0.29, 0.717) is 11.3 Å². The van der Waals surface area contributed by atoms with Gasteiger partial charge in [-0.05, 0) is 42.3 Å². The molecule has 1 unspecified atom stereocenters. The van der Waals surface area contributed by atoms with Crippen LogP contribution in [-0.4, -0.2) is 11.8 Å². The van der Waals surface area contributed by atoms with E-state index in [1.807, 2.05) is 6.92 Å². The van der Waals surface area contributed by atoms with E-state index in [-0.39, 0.29) is 24.2 Å². The monoisotopic (exact) mass is 298 g/mol. The summed E-state index contributed by atoms with van der Waals surface area (Å²) in [6.07, 6.45) is -0.0313. The number of amides is 2. The first-order valence-electron chi connectivity index (χ1n) is 7.02. The maximum absolute atomic E-state index is 13.5. The largest absolute Gasteiger partial charge is 0.326 e. The first-order valence-corrected chi connectivity index (χ1v) is 7.02. The summed E-state index contributed by atoms with van der Waals surface area (Å²) >= 11 is 0. The van der Waals surface area contributed by atoms with Gasteiger partial charge in [-0.3, -0.25) is 9.59 Å². The highest BCUT2D eigenvalue weighted by molar-refractivity contribution is 6.03. The van der Waals surface area contributed by atoms with Crippen molar-refractivity contribution >= 4 is 23.2 Å². The van der Waals surface area contributed by atoms with Gasteiger partial charge in [0, 0.05) is 11.4 Å². The summed E-state index contributed by atoms with van der Waals surface area (Å²) in [5.74, 6) is -0.978. The molecule has 0 fully saturated rings. The van der Waals surface area contributed by atoms with Crippen LogP contribution in [0.25, 0.3) is 0 Å². The molecule has 5 heteroatoms. The van der Waals surface area contributed by atoms with Gasteiger partial charge in [0.2, 0.25) is 11.8 Å². The molecule has 0 bridgehead atoms. The fourth-order valence-electron chi connectivity index (χ4n) is 2.51. The summed E-state index contributed by atoms with van der Waals surface area (Å²) in [6, 6.07) is 11.4. The number of halogens is 1. The van der Waals surface area contributed by atoms with E-state index in [0.717, 1.165) is 11.3 Å². The van der Waals surface area contributed by atoms with Crippen LogP contribution >= 0.6 is 0 Å². The molecule has 1 atom stereocenters. The van der Waals surface area contributed by atoms with Gasteiger partial charge in [0.15, 0.2) is 0 Å². The number of anilines is 2. The molecule has 0 aliphatic carbocycles. The fourth-order valence-corrected chi connectivity index (χ4v) is 2.51. The SMILES string of the molecule is CC1C(=O)Nc2ccc(NC(=O)Cc3ccccc3F)cc21. The number of carbonyl (C=O) groups excluding carboxylic acids is 2. The average Bonchev–Trinajstić information content (AvgIpc) is 2.77. The van der Waals surface area contributed by atoms with E-state index in [1.165, 1.54) is 6.07 Å². The van der Waals surface area contributed by atoms with Gasteiger partial charge in [0.25, 0.3) is 0 Å². The lowest BCUT2D eigenvalue weighted by Crippen LogP contribution is -2.15. The Morgan fingerprint density at radius 3 is 2.82 bits per heavy atom. The molecule has 1 aliphatic heterocycles. The van der Waals surface area contributed by atoms with Crippen LogP contribution in [0.3, 0.4) is 0 Å². The molecule has 2 aromatic carbocycles. The smallest absolute Gasteiger partial charge is 0.231 e. The highest BCUT2D eigenvalue weighted by atomic mass is 19.1. The molecule has 112 valence electrons. The second-order valence-corrected chi connectivity index (χ2v) is 5.33. The van der Waals surface area contributed by atoms with Crippen LogP contribution < -0.4 is 10.6 Å². The van der Waals surface area contributed by atoms with Crippen LogP contribution in [-0.2, 0) is 16.0 Å². The Morgan fingerprint density at radius 2 is 2.05 bits per heavy atom. The normalized spacial score (nSPS) is 16.1. The second kappa shape index (κ2) is 5.60. The van der Waals surface area contributed by atoms with Crippen molar-refractivity contribution in [3.05, 3.63) is 59.4 Å². The molecule has 0 saturated heterocycles. The second-order valence-electron chi connectivity index (χ2n) is 5.33. The molecule has 22 heavy (non-hydrogen) atoms. The zero-order valence-corrected chi connectivity index (χ0v) is 12.0. The van der Waals surface area contributed by atoms with Crippen molar-refractivity contribution < 1.29 is 14.0 Å². The Balaban J connectivity index is 1.73. The summed E-state index contributed by atoms with van der Waals surface area (Å²) in [6.45, 7) is 1.81. The molecule has 2 aromatic rings. The van der Waals surface area contributed by atoms with E-state index in [9.17, 15) is 14.0 Å². The molecule has 3 rings (SSSR count). The third kappa shape index (κ3) is 2.70. The molecule has 2 N–H and O–H groups in total. The fraction of sp³-hybridized carbons (Fsp3) is 0.176. The van der Waals surface area contributed by atoms with Gasteiger partial charge < -0.3 is 10.6 Å². The summed E-state index contributed by atoms with van der Waals surface area (Å²) in [7, 11) is 0. The van der Waals surface area contributed by atoms with Crippen molar-refractivity contribution in [1.82, 2.24) is 0 Å². The predicted molar refractivity (Wildman–Crippen MR) is 82.2 cm³/mol. The zero-order valence-electron chi connectivity index (χ0n) is 12.0. The lowest BCUT2D eigenvalue weighted by Gasteiger charge is -2.08. The molecular formula is C17H15FN2O2. The molecule has 1 heterocycles. The quantitative estimate of drug-likeness (QED) is 0.915. The molecule has 2 amide bonds. The van der Waals surface area contributed by atoms with E-state index in [4.69, 9.17) is 0 Å². The highest BCUT2D eigenvalue weighted by Crippen LogP contribution is 2.34. The third-order valence-electron chi connectivity index (χ3n) is 3.76. The Labute approximate surface area is 127 Å². The number of benzene rings is 2. The van der Waals surface area contributed by atoms with Gasteiger partial charge in [-0.15, -0.1) is 0 Å². The Kier molecular flexibility index (Phi) is 3.63. The topological polar surface area (TPSA) is 58.2 Å². The number of carbonyl (C=O) groups is 2. The number of nitrogens with one attached hydrogen (secondary N) is 2. The Morgan fingerprint density at radius 1 is 1.27 bits per heavy atom. The van der Waals surface area contributed by atoms with Crippen molar-refractivity contribution in [3.8, 4) is 0 Å². The first-order chi connectivity index (χ1) is 10.5. The minimum Gasteiger partial charge on any atom is -0.326 e. The van der Waals surface area contributed by atoms with Gasteiger partial charge in [0.1, 0.15) is 5.82 Å². The Hall–Kier alpha value is -2.69. The Bertz CT molecular complexity index is 758. The van der Waals surface area contributed by atoms with Crippen LogP contribution in [0.15, 0.2) is 42.5 Å². The van der Waals surface area contributed by atoms with Gasteiger partial charge in [-0.1, -0.05) is 18.2 Å². The molecule has 4 nitrogen and oxygen atoms in total. The van der Waals surface area contributed by atoms with Crippen molar-refractivity contribution in [1.29, 1.82) is 0 Å². The van der Waals surface area contributed by atoms with Gasteiger partial charge >= 0.3 is 0 Å². The number of hydrogen-bond donors (Lipinski definition) is 2. The van der Waals surface area contributed by atoms with E-state index < -0.39 is 5.82 Å². The molecule has 0 spiro atoms. The number of fused-ring (bicyclic) bond motifs is 1. The van der Waals surface area contributed by atoms with Crippen LogP contribution in [0.2, 0.25) is 0 Å². The van der Waals surface area contributed by atoms with Crippen molar-refractivity contribution in [2.45, 2.75) is 19.3 Å². The maximum atomic E-state index is 13.5. The minimum absolute atomic E-state index is 0.0313. The van der Waals surface area contributed by atoms with Gasteiger partial charge in [-0.2, -0.15) is 0 Å². The lowest BCUT2D eigenvalue weighted by molar-refractivity contribution is -0.117. The number of rotatable bonds is 3. The predicted octanol–water partition coefficient (Wildman–Crippen LogP) is 3.06. The summed E-state index contributed by atoms with van der Waals surface area (Å²) in [4.78, 5) is 23.6. The van der Waals surface area contributed by atoms with E-state index in [2.05, 4.69) is 10.6 Å². The van der Waals surface area contributed by atoms with E-state index >= 15 is 0 Å². The van der Waals surface area contributed by atoms with Crippen LogP contribution in [0, 0.1) is 5.82 Å². The average molecular weight is 298 g/mol. The summed E-state index contributed by atoms with van der Waals surface area (Å²) < 4.78 is 13.5. The van der Waals surface area contributed by atoms with Gasteiger partial charge in [-0.25, -0.2) is 4.39 Å². The summed E-state index contributed by atoms with van der Waals surface area (Å²) in [5.41, 5.74) is 2.58. The molecule has 0 aromatic heterocycles. The third-order valence-corrected chi connectivity index (χ3v) is 3.76. The van der Waals surface area contributed by atoms with Crippen molar-refractivity contribution in [2.24, 2.45) is 0 Å². The molecule has 1 aliphatic rings. The van der Waals surface area contributed by atoms with Crippen LogP contribution in [0.1, 0.15) is 24.0 Å². The minimum atomic E-state index is -0.393. The van der Waals surface area contributed by atoms with Crippen LogP contribution in [0.4, 0.5) is 15.8 Å². The molecular weight excluding hydrogens is 283 g/mol. The first kappa shape index (κ1) is 14.3. The highest BCUT2D eigenvalue weighted by Gasteiger charge is 2.26. The molecule has 0 radical (unpaired) electrons. The van der Waals surface area contributed by atoms with E-state index in [1.54, 1.807) is 36.4 Å². The number of hydrogen-bond acceptors (Lipinski definition) is 2. The van der Waals surface area contributed by atoms with Gasteiger partial charge in [0.05, 0.1) is 12.3 Å². The maximum Gasteiger partial charge on any atom is 0.231 e. The summed E-state index contributed by atoms with van der Waals surface area (Å²) in [5, 5.41) is 5.51. The van der Waals surface area contributed by atoms with Crippen molar-refractivity contribution in [2.75, 3.05) is 10.6 Å². The molecule has 0 saturated carbocycles.